The molecule has 0 unspecified atom stereocenters. The van der Waals surface area contributed by atoms with E-state index in [0.717, 1.165) is 25.2 Å². The third-order valence-electron chi connectivity index (χ3n) is 4.76. The second kappa shape index (κ2) is 10.5. The van der Waals surface area contributed by atoms with Crippen molar-refractivity contribution in [2.45, 2.75) is 11.4 Å². The Hall–Kier alpha value is -2.26. The minimum atomic E-state index is -3.79. The number of sulfonamides is 1. The van der Waals surface area contributed by atoms with Gasteiger partial charge < -0.3 is 10.1 Å². The number of morpholine rings is 1. The van der Waals surface area contributed by atoms with E-state index in [2.05, 4.69) is 10.2 Å². The van der Waals surface area contributed by atoms with Crippen LogP contribution in [0.15, 0.2) is 65.6 Å². The average molecular weight is 418 g/mol. The van der Waals surface area contributed by atoms with E-state index in [1.54, 1.807) is 30.3 Å². The first kappa shape index (κ1) is 21.4. The molecule has 0 spiro atoms. The van der Waals surface area contributed by atoms with Crippen molar-refractivity contribution in [1.29, 1.82) is 0 Å². The smallest absolute Gasteiger partial charge is 0.243 e. The van der Waals surface area contributed by atoms with Crippen LogP contribution in [0.2, 0.25) is 0 Å². The Balaban J connectivity index is 1.65. The van der Waals surface area contributed by atoms with Gasteiger partial charge in [0.05, 0.1) is 24.7 Å². The van der Waals surface area contributed by atoms with Gasteiger partial charge in [0.25, 0.3) is 0 Å². The van der Waals surface area contributed by atoms with Gasteiger partial charge in [0.15, 0.2) is 0 Å². The minimum Gasteiger partial charge on any atom is -0.379 e. The highest BCUT2D eigenvalue weighted by molar-refractivity contribution is 7.89. The van der Waals surface area contributed by atoms with E-state index in [4.69, 9.17) is 4.74 Å². The average Bonchev–Trinajstić information content (AvgIpc) is 2.75. The fourth-order valence-electron chi connectivity index (χ4n) is 3.15. The maximum absolute atomic E-state index is 13.1. The van der Waals surface area contributed by atoms with E-state index < -0.39 is 10.0 Å². The highest BCUT2D eigenvalue weighted by atomic mass is 32.2. The van der Waals surface area contributed by atoms with Crippen molar-refractivity contribution in [1.82, 2.24) is 14.5 Å². The lowest BCUT2D eigenvalue weighted by atomic mass is 10.2. The second-order valence-electron chi connectivity index (χ2n) is 6.88. The van der Waals surface area contributed by atoms with Gasteiger partial charge in [-0.25, -0.2) is 8.42 Å². The Morgan fingerprint density at radius 2 is 1.62 bits per heavy atom. The Morgan fingerprint density at radius 3 is 2.28 bits per heavy atom. The van der Waals surface area contributed by atoms with Crippen molar-refractivity contribution in [3.05, 3.63) is 66.2 Å². The largest absolute Gasteiger partial charge is 0.379 e. The molecule has 2 aromatic rings. The maximum Gasteiger partial charge on any atom is 0.243 e. The molecule has 156 valence electrons. The zero-order chi connectivity index (χ0) is 20.5. The van der Waals surface area contributed by atoms with E-state index in [1.165, 1.54) is 4.31 Å². The van der Waals surface area contributed by atoms with E-state index in [0.29, 0.717) is 19.8 Å². The number of nitrogens with zero attached hydrogens (tertiary/aromatic N) is 2. The number of ether oxygens (including phenoxy) is 1. The molecule has 2 aromatic carbocycles. The van der Waals surface area contributed by atoms with Crippen LogP contribution in [0.4, 0.5) is 0 Å². The van der Waals surface area contributed by atoms with Crippen LogP contribution in [0.25, 0.3) is 0 Å². The van der Waals surface area contributed by atoms with Crippen LogP contribution >= 0.6 is 0 Å². The molecule has 1 N–H and O–H groups in total. The third-order valence-corrected chi connectivity index (χ3v) is 6.56. The normalized spacial score (nSPS) is 15.3. The summed E-state index contributed by atoms with van der Waals surface area (Å²) in [5.41, 5.74) is 0.827. The lowest BCUT2D eigenvalue weighted by Crippen LogP contribution is -2.44. The number of nitrogens with one attached hydrogen (secondary N) is 1. The van der Waals surface area contributed by atoms with E-state index in [1.807, 2.05) is 30.3 Å². The van der Waals surface area contributed by atoms with E-state index in [9.17, 15) is 13.2 Å². The van der Waals surface area contributed by atoms with Gasteiger partial charge in [-0.15, -0.1) is 0 Å². The van der Waals surface area contributed by atoms with Gasteiger partial charge in [-0.3, -0.25) is 9.69 Å². The molecule has 0 saturated carbocycles. The number of hydrogen-bond acceptors (Lipinski definition) is 5. The first-order valence-corrected chi connectivity index (χ1v) is 11.2. The predicted molar refractivity (Wildman–Crippen MR) is 111 cm³/mol. The molecular formula is C21H27N3O4S. The summed E-state index contributed by atoms with van der Waals surface area (Å²) in [4.78, 5) is 14.9. The van der Waals surface area contributed by atoms with Crippen LogP contribution in [-0.2, 0) is 26.1 Å². The van der Waals surface area contributed by atoms with Crippen molar-refractivity contribution in [3.63, 3.8) is 0 Å². The standard InChI is InChI=1S/C21H27N3O4S/c25-21(22-11-12-23-13-15-28-16-14-23)18-24(17-19-7-3-1-4-8-19)29(26,27)20-9-5-2-6-10-20/h1-10H,11-18H2,(H,22,25). The van der Waals surface area contributed by atoms with Crippen LogP contribution in [0.5, 0.6) is 0 Å². The molecule has 7 nitrogen and oxygen atoms in total. The minimum absolute atomic E-state index is 0.134. The van der Waals surface area contributed by atoms with Gasteiger partial charge in [0, 0.05) is 32.7 Å². The first-order chi connectivity index (χ1) is 14.1. The molecule has 0 aromatic heterocycles. The zero-order valence-electron chi connectivity index (χ0n) is 16.4. The van der Waals surface area contributed by atoms with Gasteiger partial charge in [-0.05, 0) is 17.7 Å². The molecule has 3 rings (SSSR count). The molecule has 1 aliphatic rings. The number of carbonyl (C=O) groups excluding carboxylic acids is 1. The zero-order valence-corrected chi connectivity index (χ0v) is 17.2. The summed E-state index contributed by atoms with van der Waals surface area (Å²) in [7, 11) is -3.79. The molecular weight excluding hydrogens is 390 g/mol. The summed E-state index contributed by atoms with van der Waals surface area (Å²) >= 11 is 0. The highest BCUT2D eigenvalue weighted by Gasteiger charge is 2.26. The fraction of sp³-hybridized carbons (Fsp3) is 0.381. The van der Waals surface area contributed by atoms with Crippen LogP contribution < -0.4 is 5.32 Å². The predicted octanol–water partition coefficient (Wildman–Crippen LogP) is 1.33. The molecule has 1 heterocycles. The summed E-state index contributed by atoms with van der Waals surface area (Å²) in [6.45, 7) is 4.20. The number of amides is 1. The van der Waals surface area contributed by atoms with Crippen molar-refractivity contribution in [3.8, 4) is 0 Å². The van der Waals surface area contributed by atoms with Crippen molar-refractivity contribution in [2.24, 2.45) is 0 Å². The van der Waals surface area contributed by atoms with Gasteiger partial charge in [-0.2, -0.15) is 4.31 Å². The van der Waals surface area contributed by atoms with Gasteiger partial charge in [-0.1, -0.05) is 48.5 Å². The van der Waals surface area contributed by atoms with Crippen LogP contribution in [0.3, 0.4) is 0 Å². The van der Waals surface area contributed by atoms with Crippen LogP contribution in [0, 0.1) is 0 Å². The summed E-state index contributed by atoms with van der Waals surface area (Å²) in [6, 6.07) is 17.5. The second-order valence-corrected chi connectivity index (χ2v) is 8.81. The van der Waals surface area contributed by atoms with Gasteiger partial charge in [0.1, 0.15) is 0 Å². The lowest BCUT2D eigenvalue weighted by molar-refractivity contribution is -0.121. The summed E-state index contributed by atoms with van der Waals surface area (Å²) in [5.74, 6) is -0.311. The monoisotopic (exact) mass is 417 g/mol. The van der Waals surface area contributed by atoms with E-state index >= 15 is 0 Å². The molecule has 0 atom stereocenters. The molecule has 0 radical (unpaired) electrons. The molecule has 1 saturated heterocycles. The Kier molecular flexibility index (Phi) is 7.76. The molecule has 8 heteroatoms. The van der Waals surface area contributed by atoms with E-state index in [-0.39, 0.29) is 23.9 Å². The van der Waals surface area contributed by atoms with Gasteiger partial charge >= 0.3 is 0 Å². The Labute approximate surface area is 172 Å². The number of rotatable bonds is 9. The SMILES string of the molecule is O=C(CN(Cc1ccccc1)S(=O)(=O)c1ccccc1)NCCN1CCOCC1. The summed E-state index contributed by atoms with van der Waals surface area (Å²) in [5, 5.41) is 2.84. The Morgan fingerprint density at radius 1 is 1.00 bits per heavy atom. The third kappa shape index (κ3) is 6.37. The highest BCUT2D eigenvalue weighted by Crippen LogP contribution is 2.18. The maximum atomic E-state index is 13.1. The molecule has 1 aliphatic heterocycles. The molecule has 1 fully saturated rings. The topological polar surface area (TPSA) is 79.0 Å². The molecule has 0 aliphatic carbocycles. The van der Waals surface area contributed by atoms with Gasteiger partial charge in [0.2, 0.25) is 15.9 Å². The fourth-order valence-corrected chi connectivity index (χ4v) is 4.55. The molecule has 1 amide bonds. The number of hydrogen-bond donors (Lipinski definition) is 1. The molecule has 0 bridgehead atoms. The number of carbonyl (C=O) groups is 1. The van der Waals surface area contributed by atoms with Crippen molar-refractivity contribution >= 4 is 15.9 Å². The first-order valence-electron chi connectivity index (χ1n) is 9.71. The number of benzene rings is 2. The lowest BCUT2D eigenvalue weighted by Gasteiger charge is -2.27. The summed E-state index contributed by atoms with van der Waals surface area (Å²) in [6.07, 6.45) is 0. The van der Waals surface area contributed by atoms with Crippen molar-refractivity contribution < 1.29 is 17.9 Å². The quantitative estimate of drug-likeness (QED) is 0.666. The van der Waals surface area contributed by atoms with Crippen LogP contribution in [0.1, 0.15) is 5.56 Å². The summed E-state index contributed by atoms with van der Waals surface area (Å²) < 4.78 is 32.8. The molecule has 29 heavy (non-hydrogen) atoms. The van der Waals surface area contributed by atoms with Crippen molar-refractivity contribution in [2.75, 3.05) is 45.9 Å². The Bertz CT molecular complexity index is 869. The van der Waals surface area contributed by atoms with Crippen LogP contribution in [-0.4, -0.2) is 69.5 Å².